The molecule has 0 atom stereocenters. The molecule has 1 aliphatic carbocycles. The highest BCUT2D eigenvalue weighted by atomic mass is 19.1. The molecule has 0 unspecified atom stereocenters. The second kappa shape index (κ2) is 9.97. The Morgan fingerprint density at radius 1 is 1.09 bits per heavy atom. The highest BCUT2D eigenvalue weighted by molar-refractivity contribution is 5.92. The van der Waals surface area contributed by atoms with Crippen LogP contribution in [-0.4, -0.2) is 35.7 Å². The van der Waals surface area contributed by atoms with E-state index in [9.17, 15) is 14.0 Å². The first kappa shape index (κ1) is 23.5. The van der Waals surface area contributed by atoms with Crippen molar-refractivity contribution in [2.24, 2.45) is 5.92 Å². The average Bonchev–Trinajstić information content (AvgIpc) is 2.73. The molecule has 32 heavy (non-hydrogen) atoms. The number of nitrogens with zero attached hydrogens (tertiary/aromatic N) is 1. The van der Waals surface area contributed by atoms with Crippen LogP contribution in [0.4, 0.5) is 15.0 Å². The third kappa shape index (κ3) is 6.42. The van der Waals surface area contributed by atoms with Gasteiger partial charge in [0, 0.05) is 29.8 Å². The van der Waals surface area contributed by atoms with E-state index in [0.29, 0.717) is 42.8 Å². The number of halogens is 1. The molecule has 0 aliphatic heterocycles. The van der Waals surface area contributed by atoms with E-state index in [1.165, 1.54) is 19.2 Å². The Hall–Kier alpha value is -3.16. The fraction of sp³-hybridized carbons (Fsp3) is 0.458. The summed E-state index contributed by atoms with van der Waals surface area (Å²) in [7, 11) is 1.48. The number of aromatic nitrogens is 1. The van der Waals surface area contributed by atoms with Crippen molar-refractivity contribution < 1.29 is 23.5 Å². The largest absolute Gasteiger partial charge is 0.496 e. The summed E-state index contributed by atoms with van der Waals surface area (Å²) in [6.07, 6.45) is 3.91. The number of benzene rings is 1. The van der Waals surface area contributed by atoms with Gasteiger partial charge in [-0.2, -0.15) is 0 Å². The van der Waals surface area contributed by atoms with Gasteiger partial charge in [0.2, 0.25) is 5.91 Å². The van der Waals surface area contributed by atoms with Gasteiger partial charge in [0.25, 0.3) is 0 Å². The summed E-state index contributed by atoms with van der Waals surface area (Å²) in [6, 6.07) is 7.83. The zero-order chi connectivity index (χ0) is 23.3. The van der Waals surface area contributed by atoms with Gasteiger partial charge < -0.3 is 20.1 Å². The van der Waals surface area contributed by atoms with E-state index < -0.39 is 11.7 Å². The Labute approximate surface area is 187 Å². The van der Waals surface area contributed by atoms with Crippen molar-refractivity contribution >= 4 is 17.8 Å². The second-order valence-corrected chi connectivity index (χ2v) is 8.96. The summed E-state index contributed by atoms with van der Waals surface area (Å²) in [4.78, 5) is 28.9. The molecule has 0 radical (unpaired) electrons. The number of nitrogens with one attached hydrogen (secondary N) is 2. The van der Waals surface area contributed by atoms with Crippen LogP contribution in [0.2, 0.25) is 0 Å². The molecule has 2 N–H and O–H groups in total. The smallest absolute Gasteiger partial charge is 0.407 e. The number of amides is 2. The quantitative estimate of drug-likeness (QED) is 0.685. The predicted molar refractivity (Wildman–Crippen MR) is 120 cm³/mol. The van der Waals surface area contributed by atoms with Crippen molar-refractivity contribution in [1.82, 2.24) is 10.3 Å². The van der Waals surface area contributed by atoms with Gasteiger partial charge >= 0.3 is 6.09 Å². The number of ether oxygens (including phenoxy) is 2. The van der Waals surface area contributed by atoms with Gasteiger partial charge in [0.1, 0.15) is 23.0 Å². The number of hydrogen-bond acceptors (Lipinski definition) is 5. The molecule has 1 aromatic carbocycles. The molecule has 1 aromatic heterocycles. The van der Waals surface area contributed by atoms with E-state index in [1.54, 1.807) is 24.4 Å². The third-order valence-electron chi connectivity index (χ3n) is 5.30. The SMILES string of the molecule is COc1cc(F)ccc1-c1ccnc(NC(=O)[C@H]2CC[C@@H](NC(=O)OC(C)(C)C)CC2)c1. The molecule has 2 aromatic rings. The Kier molecular flexibility index (Phi) is 7.33. The molecular formula is C24H30FN3O4. The van der Waals surface area contributed by atoms with E-state index in [1.807, 2.05) is 20.8 Å². The van der Waals surface area contributed by atoms with Crippen LogP contribution < -0.4 is 15.4 Å². The van der Waals surface area contributed by atoms with Crippen molar-refractivity contribution in [3.8, 4) is 16.9 Å². The van der Waals surface area contributed by atoms with Crippen LogP contribution in [0.15, 0.2) is 36.5 Å². The summed E-state index contributed by atoms with van der Waals surface area (Å²) in [5.74, 6) is 0.191. The lowest BCUT2D eigenvalue weighted by Crippen LogP contribution is -2.42. The maximum atomic E-state index is 13.5. The first-order valence-corrected chi connectivity index (χ1v) is 10.7. The molecule has 8 heteroatoms. The van der Waals surface area contributed by atoms with E-state index in [0.717, 1.165) is 5.56 Å². The van der Waals surface area contributed by atoms with Gasteiger partial charge in [-0.25, -0.2) is 14.2 Å². The van der Waals surface area contributed by atoms with E-state index >= 15 is 0 Å². The number of hydrogen-bond donors (Lipinski definition) is 2. The summed E-state index contributed by atoms with van der Waals surface area (Å²) in [5, 5.41) is 5.76. The summed E-state index contributed by atoms with van der Waals surface area (Å²) in [6.45, 7) is 5.47. The minimum absolute atomic E-state index is 0.00120. The summed E-state index contributed by atoms with van der Waals surface area (Å²) < 4.78 is 24.1. The van der Waals surface area contributed by atoms with E-state index in [-0.39, 0.29) is 23.7 Å². The highest BCUT2D eigenvalue weighted by Gasteiger charge is 2.28. The fourth-order valence-electron chi connectivity index (χ4n) is 3.77. The van der Waals surface area contributed by atoms with Crippen LogP contribution in [-0.2, 0) is 9.53 Å². The minimum atomic E-state index is -0.541. The van der Waals surface area contributed by atoms with Crippen LogP contribution >= 0.6 is 0 Å². The fourth-order valence-corrected chi connectivity index (χ4v) is 3.77. The molecule has 1 aliphatic rings. The molecular weight excluding hydrogens is 413 g/mol. The van der Waals surface area contributed by atoms with Crippen LogP contribution in [0.5, 0.6) is 5.75 Å². The van der Waals surface area contributed by atoms with Gasteiger partial charge in [-0.3, -0.25) is 4.79 Å². The molecule has 3 rings (SSSR count). The summed E-state index contributed by atoms with van der Waals surface area (Å²) in [5.41, 5.74) is 0.929. The molecule has 7 nitrogen and oxygen atoms in total. The van der Waals surface area contributed by atoms with Crippen LogP contribution in [0.25, 0.3) is 11.1 Å². The topological polar surface area (TPSA) is 89.5 Å². The van der Waals surface area contributed by atoms with Crippen molar-refractivity contribution in [3.05, 3.63) is 42.3 Å². The molecule has 172 valence electrons. The Bertz CT molecular complexity index is 966. The normalized spacial score (nSPS) is 18.5. The van der Waals surface area contributed by atoms with Crippen LogP contribution in [0, 0.1) is 11.7 Å². The molecule has 1 fully saturated rings. The maximum Gasteiger partial charge on any atom is 0.407 e. The van der Waals surface area contributed by atoms with Crippen molar-refractivity contribution in [3.63, 3.8) is 0 Å². The number of rotatable bonds is 5. The number of carbonyl (C=O) groups is 2. The first-order chi connectivity index (χ1) is 15.1. The van der Waals surface area contributed by atoms with E-state index in [4.69, 9.17) is 9.47 Å². The summed E-state index contributed by atoms with van der Waals surface area (Å²) >= 11 is 0. The van der Waals surface area contributed by atoms with Crippen LogP contribution in [0.1, 0.15) is 46.5 Å². The van der Waals surface area contributed by atoms with E-state index in [2.05, 4.69) is 15.6 Å². The van der Waals surface area contributed by atoms with Crippen molar-refractivity contribution in [1.29, 1.82) is 0 Å². The first-order valence-electron chi connectivity index (χ1n) is 10.7. The van der Waals surface area contributed by atoms with Crippen molar-refractivity contribution in [2.75, 3.05) is 12.4 Å². The molecule has 0 bridgehead atoms. The molecule has 1 saturated carbocycles. The van der Waals surface area contributed by atoms with Gasteiger partial charge in [-0.15, -0.1) is 0 Å². The van der Waals surface area contributed by atoms with Gasteiger partial charge in [-0.05, 0) is 76.3 Å². The molecule has 0 saturated heterocycles. The van der Waals surface area contributed by atoms with Crippen molar-refractivity contribution in [2.45, 2.75) is 58.1 Å². The standard InChI is InChI=1S/C24H30FN3O4/c1-24(2,3)32-23(30)27-18-8-5-15(6-9-18)22(29)28-21-13-16(11-12-26-21)19-10-7-17(25)14-20(19)31-4/h7,10-15,18H,5-6,8-9H2,1-4H3,(H,27,30)(H,26,28,29)/t15-,18+. The minimum Gasteiger partial charge on any atom is -0.496 e. The molecule has 0 spiro atoms. The van der Waals surface area contributed by atoms with Crippen LogP contribution in [0.3, 0.4) is 0 Å². The maximum absolute atomic E-state index is 13.5. The van der Waals surface area contributed by atoms with Gasteiger partial charge in [0.15, 0.2) is 0 Å². The number of anilines is 1. The predicted octanol–water partition coefficient (Wildman–Crippen LogP) is 4.92. The second-order valence-electron chi connectivity index (χ2n) is 8.96. The molecule has 2 amide bonds. The zero-order valence-electron chi connectivity index (χ0n) is 18.9. The Balaban J connectivity index is 1.57. The number of carbonyl (C=O) groups excluding carboxylic acids is 2. The Morgan fingerprint density at radius 3 is 2.47 bits per heavy atom. The lowest BCUT2D eigenvalue weighted by atomic mass is 9.85. The lowest BCUT2D eigenvalue weighted by Gasteiger charge is -2.29. The monoisotopic (exact) mass is 443 g/mol. The number of pyridine rings is 1. The lowest BCUT2D eigenvalue weighted by molar-refractivity contribution is -0.120. The third-order valence-corrected chi connectivity index (χ3v) is 5.30. The Morgan fingerprint density at radius 2 is 1.81 bits per heavy atom. The van der Waals surface area contributed by atoms with Gasteiger partial charge in [-0.1, -0.05) is 0 Å². The number of methoxy groups -OCH3 is 1. The zero-order valence-corrected chi connectivity index (χ0v) is 18.9. The molecule has 1 heterocycles. The van der Waals surface area contributed by atoms with Gasteiger partial charge in [0.05, 0.1) is 7.11 Å². The average molecular weight is 444 g/mol. The highest BCUT2D eigenvalue weighted by Crippen LogP contribution is 2.32. The number of alkyl carbamates (subject to hydrolysis) is 1.